The van der Waals surface area contributed by atoms with Crippen LogP contribution < -0.4 is 0 Å². The van der Waals surface area contributed by atoms with Crippen LogP contribution in [-0.2, 0) is 9.84 Å². The van der Waals surface area contributed by atoms with Crippen molar-refractivity contribution >= 4 is 26.8 Å². The van der Waals surface area contributed by atoms with Crippen LogP contribution >= 0.6 is 0 Å². The molecule has 2 aliphatic rings. The number of rotatable bonds is 4. The van der Waals surface area contributed by atoms with E-state index in [1.165, 1.54) is 6.42 Å². The molecule has 3 aromatic heterocycles. The second kappa shape index (κ2) is 8.03. The Morgan fingerprint density at radius 3 is 2.66 bits per heavy atom. The van der Waals surface area contributed by atoms with E-state index in [1.54, 1.807) is 29.1 Å². The first kappa shape index (κ1) is 21.2. The molecule has 2 fully saturated rings. The van der Waals surface area contributed by atoms with Gasteiger partial charge in [0.05, 0.1) is 40.5 Å². The molecule has 0 bridgehead atoms. The highest BCUT2D eigenvalue weighted by Crippen LogP contribution is 2.33. The molecule has 1 amide bonds. The van der Waals surface area contributed by atoms with E-state index in [9.17, 15) is 13.2 Å². The molecule has 1 aliphatic heterocycles. The summed E-state index contributed by atoms with van der Waals surface area (Å²) in [7, 11) is -1.22. The first-order valence-electron chi connectivity index (χ1n) is 11.3. The monoisotopic (exact) mass is 456 g/mol. The van der Waals surface area contributed by atoms with Crippen molar-refractivity contribution in [3.63, 3.8) is 0 Å². The summed E-state index contributed by atoms with van der Waals surface area (Å²) in [6.45, 7) is 1.86. The van der Waals surface area contributed by atoms with Crippen LogP contribution in [0, 0.1) is 6.92 Å². The predicted molar refractivity (Wildman–Crippen MR) is 121 cm³/mol. The van der Waals surface area contributed by atoms with Crippen LogP contribution in [0.4, 0.5) is 0 Å². The van der Waals surface area contributed by atoms with Crippen molar-refractivity contribution < 1.29 is 17.6 Å². The molecule has 32 heavy (non-hydrogen) atoms. The Hall–Kier alpha value is -2.68. The number of aromatic nitrogens is 3. The number of hydrogen-bond acceptors (Lipinski definition) is 6. The summed E-state index contributed by atoms with van der Waals surface area (Å²) >= 11 is 0. The Morgan fingerprint density at radius 2 is 2.00 bits per heavy atom. The fourth-order valence-corrected chi connectivity index (χ4v) is 6.77. The zero-order valence-corrected chi connectivity index (χ0v) is 19.3. The Morgan fingerprint density at radius 1 is 1.22 bits per heavy atom. The molecule has 1 unspecified atom stereocenters. The lowest BCUT2D eigenvalue weighted by atomic mass is 9.94. The number of aryl methyl sites for hydroxylation is 1. The summed E-state index contributed by atoms with van der Waals surface area (Å²) in [6, 6.07) is 5.31. The van der Waals surface area contributed by atoms with Crippen molar-refractivity contribution in [1.29, 1.82) is 0 Å². The maximum absolute atomic E-state index is 13.7. The quantitative estimate of drug-likeness (QED) is 0.593. The summed E-state index contributed by atoms with van der Waals surface area (Å²) in [5.74, 6) is 0.692. The van der Waals surface area contributed by atoms with Gasteiger partial charge in [0.25, 0.3) is 5.91 Å². The van der Waals surface area contributed by atoms with Gasteiger partial charge in [-0.15, -0.1) is 0 Å². The van der Waals surface area contributed by atoms with E-state index in [1.807, 2.05) is 18.9 Å². The van der Waals surface area contributed by atoms with Crippen LogP contribution in [0.2, 0.25) is 0 Å². The van der Waals surface area contributed by atoms with Crippen molar-refractivity contribution in [2.75, 3.05) is 18.6 Å². The molecule has 8 nitrogen and oxygen atoms in total. The van der Waals surface area contributed by atoms with Crippen molar-refractivity contribution in [1.82, 2.24) is 19.7 Å². The van der Waals surface area contributed by atoms with Crippen LogP contribution in [0.3, 0.4) is 0 Å². The molecular weight excluding hydrogens is 428 g/mol. The number of carbonyl (C=O) groups is 1. The predicted octanol–water partition coefficient (Wildman–Crippen LogP) is 3.76. The zero-order chi connectivity index (χ0) is 22.5. The number of fused-ring (bicyclic) bond motifs is 1. The Labute approximate surface area is 187 Å². The molecule has 170 valence electrons. The van der Waals surface area contributed by atoms with Crippen LogP contribution in [-0.4, -0.2) is 58.6 Å². The number of pyridine rings is 1. The minimum Gasteiger partial charge on any atom is -0.463 e. The van der Waals surface area contributed by atoms with E-state index in [-0.39, 0.29) is 29.5 Å². The van der Waals surface area contributed by atoms with Crippen LogP contribution in [0.25, 0.3) is 22.5 Å². The van der Waals surface area contributed by atoms with E-state index in [2.05, 4.69) is 5.10 Å². The van der Waals surface area contributed by atoms with Crippen LogP contribution in [0.15, 0.2) is 28.9 Å². The minimum absolute atomic E-state index is 0.0428. The van der Waals surface area contributed by atoms with Crippen LogP contribution in [0.5, 0.6) is 0 Å². The number of nitrogens with zero attached hydrogens (tertiary/aromatic N) is 4. The molecule has 3 aromatic rings. The third-order valence-corrected chi connectivity index (χ3v) is 8.59. The lowest BCUT2D eigenvalue weighted by Crippen LogP contribution is -2.38. The van der Waals surface area contributed by atoms with E-state index in [0.29, 0.717) is 40.2 Å². The first-order valence-corrected chi connectivity index (χ1v) is 13.1. The van der Waals surface area contributed by atoms with Crippen molar-refractivity contribution in [3.8, 4) is 11.5 Å². The summed E-state index contributed by atoms with van der Waals surface area (Å²) in [4.78, 5) is 20.3. The number of sulfone groups is 1. The van der Waals surface area contributed by atoms with Crippen molar-refractivity contribution in [3.05, 3.63) is 35.7 Å². The van der Waals surface area contributed by atoms with Gasteiger partial charge in [-0.1, -0.05) is 19.3 Å². The van der Waals surface area contributed by atoms with Gasteiger partial charge in [-0.25, -0.2) is 18.1 Å². The van der Waals surface area contributed by atoms with Gasteiger partial charge >= 0.3 is 0 Å². The molecule has 0 spiro atoms. The molecule has 4 heterocycles. The molecule has 5 rings (SSSR count). The van der Waals surface area contributed by atoms with Gasteiger partial charge in [-0.2, -0.15) is 5.10 Å². The number of carbonyl (C=O) groups excluding carboxylic acids is 1. The normalized spacial score (nSPS) is 21.2. The van der Waals surface area contributed by atoms with E-state index >= 15 is 0 Å². The summed E-state index contributed by atoms with van der Waals surface area (Å²) in [6.07, 6.45) is 7.59. The second-order valence-electron chi connectivity index (χ2n) is 9.03. The molecule has 1 aliphatic carbocycles. The molecule has 0 N–H and O–H groups in total. The second-order valence-corrected chi connectivity index (χ2v) is 11.3. The fourth-order valence-electron chi connectivity index (χ4n) is 5.08. The van der Waals surface area contributed by atoms with Crippen LogP contribution in [0.1, 0.15) is 60.6 Å². The molecule has 1 saturated heterocycles. The minimum atomic E-state index is -3.09. The smallest absolute Gasteiger partial charge is 0.254 e. The lowest BCUT2D eigenvalue weighted by molar-refractivity contribution is 0.0698. The molecule has 0 radical (unpaired) electrons. The first-order chi connectivity index (χ1) is 15.3. The van der Waals surface area contributed by atoms with Gasteiger partial charge in [0.1, 0.15) is 5.69 Å². The molecule has 1 saturated carbocycles. The highest BCUT2D eigenvalue weighted by Gasteiger charge is 2.33. The summed E-state index contributed by atoms with van der Waals surface area (Å²) in [5.41, 5.74) is 2.31. The fraction of sp³-hybridized carbons (Fsp3) is 0.522. The van der Waals surface area contributed by atoms with Gasteiger partial charge in [-0.3, -0.25) is 4.79 Å². The zero-order valence-electron chi connectivity index (χ0n) is 18.5. The molecule has 1 atom stereocenters. The Balaban J connectivity index is 1.65. The number of furan rings is 1. The maximum Gasteiger partial charge on any atom is 0.254 e. The van der Waals surface area contributed by atoms with Crippen molar-refractivity contribution in [2.45, 2.75) is 57.5 Å². The number of amides is 1. The van der Waals surface area contributed by atoms with Gasteiger partial charge in [0.2, 0.25) is 0 Å². The van der Waals surface area contributed by atoms with Crippen molar-refractivity contribution in [2.24, 2.45) is 0 Å². The van der Waals surface area contributed by atoms with E-state index in [4.69, 9.17) is 9.40 Å². The molecule has 0 aromatic carbocycles. The average molecular weight is 457 g/mol. The van der Waals surface area contributed by atoms with E-state index < -0.39 is 9.84 Å². The Kier molecular flexibility index (Phi) is 5.31. The van der Waals surface area contributed by atoms with E-state index in [0.717, 1.165) is 25.7 Å². The summed E-state index contributed by atoms with van der Waals surface area (Å²) < 4.78 is 31.5. The summed E-state index contributed by atoms with van der Waals surface area (Å²) in [5, 5.41) is 5.35. The third kappa shape index (κ3) is 3.72. The van der Waals surface area contributed by atoms with Gasteiger partial charge in [-0.05, 0) is 44.4 Å². The van der Waals surface area contributed by atoms with Gasteiger partial charge in [0.15, 0.2) is 21.2 Å². The lowest BCUT2D eigenvalue weighted by Gasteiger charge is -2.31. The number of hydrogen-bond donors (Lipinski definition) is 0. The highest BCUT2D eigenvalue weighted by atomic mass is 32.2. The third-order valence-electron chi connectivity index (χ3n) is 6.84. The maximum atomic E-state index is 13.7. The van der Waals surface area contributed by atoms with Gasteiger partial charge in [0, 0.05) is 13.1 Å². The Bertz CT molecular complexity index is 1260. The SMILES string of the molecule is Cc1nn(C2CCS(=O)(=O)C2)c2nc(-c3ccco3)cc(C(=O)N(C)C3CCCCC3)c12. The average Bonchev–Trinajstić information content (AvgIpc) is 3.52. The molecular formula is C23H28N4O4S. The highest BCUT2D eigenvalue weighted by molar-refractivity contribution is 7.91. The largest absolute Gasteiger partial charge is 0.463 e. The molecule has 9 heteroatoms. The standard InChI is InChI=1S/C23H28N4O4S/c1-15-21-18(23(28)26(2)16-7-4-3-5-8-16)13-19(20-9-6-11-31-20)24-22(21)27(25-15)17-10-12-32(29,30)14-17/h6,9,11,13,16-17H,3-5,7-8,10,12,14H2,1-2H3. The topological polar surface area (TPSA) is 98.3 Å². The van der Waals surface area contributed by atoms with Gasteiger partial charge < -0.3 is 9.32 Å².